The molecule has 9 heavy (non-hydrogen) atoms. The summed E-state index contributed by atoms with van der Waals surface area (Å²) in [7, 11) is 0. The average Bonchev–Trinajstić information content (AvgIpc) is 1.83. The molecule has 0 rings (SSSR count). The van der Waals surface area contributed by atoms with E-state index in [2.05, 4.69) is 25.7 Å². The van der Waals surface area contributed by atoms with Gasteiger partial charge in [0.2, 0.25) is 0 Å². The Morgan fingerprint density at radius 2 is 1.44 bits per heavy atom. The van der Waals surface area contributed by atoms with Gasteiger partial charge in [0, 0.05) is 0 Å². The monoisotopic (exact) mass is 149 g/mol. The van der Waals surface area contributed by atoms with Crippen LogP contribution in [0.25, 0.3) is 0 Å². The Bertz CT molecular complexity index is 44.2. The highest BCUT2D eigenvalue weighted by Gasteiger charge is 1.92. The number of nitrogens with zero attached hydrogens (tertiary/aromatic N) is 1. The molecule has 0 aromatic carbocycles. The van der Waals surface area contributed by atoms with Gasteiger partial charge >= 0.3 is 0 Å². The van der Waals surface area contributed by atoms with Gasteiger partial charge < -0.3 is 4.90 Å². The Balaban J connectivity index is 0. The number of hydrogen-bond donors (Lipinski definition) is 0. The van der Waals surface area contributed by atoms with E-state index in [9.17, 15) is 0 Å². The van der Waals surface area contributed by atoms with Gasteiger partial charge in [-0.25, -0.2) is 0 Å². The van der Waals surface area contributed by atoms with E-state index >= 15 is 0 Å². The number of hydrogen-bond acceptors (Lipinski definition) is 1. The van der Waals surface area contributed by atoms with Crippen LogP contribution in [0.2, 0.25) is 0 Å². The van der Waals surface area contributed by atoms with E-state index in [0.29, 0.717) is 0 Å². The van der Waals surface area contributed by atoms with Crippen molar-refractivity contribution >= 4 is 9.90 Å². The van der Waals surface area contributed by atoms with Gasteiger partial charge in [0.05, 0.1) is 0 Å². The highest BCUT2D eigenvalue weighted by molar-refractivity contribution is 6.92. The van der Waals surface area contributed by atoms with Crippen LogP contribution in [0.1, 0.15) is 27.2 Å². The zero-order valence-corrected chi connectivity index (χ0v) is 8.40. The summed E-state index contributed by atoms with van der Waals surface area (Å²) in [6, 6.07) is 0. The average molecular weight is 149 g/mol. The highest BCUT2D eigenvalue weighted by atomic mass is 31.0. The molecule has 0 fully saturated rings. The van der Waals surface area contributed by atoms with Crippen molar-refractivity contribution in [3.63, 3.8) is 0 Å². The van der Waals surface area contributed by atoms with Crippen molar-refractivity contribution in [3.8, 4) is 0 Å². The summed E-state index contributed by atoms with van der Waals surface area (Å²) < 4.78 is 0. The van der Waals surface area contributed by atoms with Crippen molar-refractivity contribution in [2.24, 2.45) is 0 Å². The van der Waals surface area contributed by atoms with E-state index in [0.717, 1.165) is 0 Å². The topological polar surface area (TPSA) is 3.24 Å². The van der Waals surface area contributed by atoms with Crippen LogP contribution >= 0.6 is 9.90 Å². The van der Waals surface area contributed by atoms with Crippen LogP contribution in [-0.4, -0.2) is 24.5 Å². The lowest BCUT2D eigenvalue weighted by atomic mass is 10.4. The molecule has 0 saturated heterocycles. The summed E-state index contributed by atoms with van der Waals surface area (Å²) >= 11 is 0. The van der Waals surface area contributed by atoms with Gasteiger partial charge in [-0.1, -0.05) is 20.8 Å². The highest BCUT2D eigenvalue weighted by Crippen LogP contribution is 1.87. The molecule has 0 bridgehead atoms. The summed E-state index contributed by atoms with van der Waals surface area (Å²) in [6.07, 6.45) is 1.28. The molecule has 0 spiro atoms. The molecule has 0 N–H and O–H groups in total. The first-order chi connectivity index (χ1) is 3.85. The second kappa shape index (κ2) is 8.39. The second-order valence-electron chi connectivity index (χ2n) is 2.03. The van der Waals surface area contributed by atoms with Gasteiger partial charge in [-0.3, -0.25) is 0 Å². The van der Waals surface area contributed by atoms with Crippen molar-refractivity contribution in [1.82, 2.24) is 4.90 Å². The molecular formula is C7H20NP. The third-order valence-corrected chi connectivity index (χ3v) is 1.43. The van der Waals surface area contributed by atoms with Crippen LogP contribution in [0.3, 0.4) is 0 Å². The van der Waals surface area contributed by atoms with Crippen LogP contribution < -0.4 is 0 Å². The Morgan fingerprint density at radius 3 is 1.56 bits per heavy atom. The van der Waals surface area contributed by atoms with Gasteiger partial charge in [-0.2, -0.15) is 9.90 Å². The van der Waals surface area contributed by atoms with E-state index in [1.165, 1.54) is 26.1 Å². The number of rotatable bonds is 4. The fraction of sp³-hybridized carbons (Fsp3) is 1.00. The molecule has 0 saturated carbocycles. The Labute approximate surface area is 62.4 Å². The van der Waals surface area contributed by atoms with Crippen LogP contribution in [0.4, 0.5) is 0 Å². The molecule has 2 heteroatoms. The maximum atomic E-state index is 2.43. The molecule has 0 radical (unpaired) electrons. The quantitative estimate of drug-likeness (QED) is 0.551. The largest absolute Gasteiger partial charge is 0.304 e. The molecule has 1 nitrogen and oxygen atoms in total. The fourth-order valence-electron chi connectivity index (χ4n) is 0.856. The van der Waals surface area contributed by atoms with Crippen molar-refractivity contribution in [1.29, 1.82) is 0 Å². The molecule has 0 amide bonds. The molecule has 1 atom stereocenters. The first-order valence-corrected chi connectivity index (χ1v) is 3.57. The van der Waals surface area contributed by atoms with Gasteiger partial charge in [-0.05, 0) is 26.1 Å². The smallest absolute Gasteiger partial charge is 0.00216 e. The summed E-state index contributed by atoms with van der Waals surface area (Å²) in [4.78, 5) is 2.43. The Hall–Kier alpha value is 0.390. The van der Waals surface area contributed by atoms with Crippen molar-refractivity contribution < 1.29 is 0 Å². The third-order valence-electron chi connectivity index (χ3n) is 1.43. The molecule has 0 aliphatic carbocycles. The van der Waals surface area contributed by atoms with Gasteiger partial charge in [0.15, 0.2) is 0 Å². The van der Waals surface area contributed by atoms with Crippen molar-refractivity contribution in [2.75, 3.05) is 19.6 Å². The minimum Gasteiger partial charge on any atom is -0.304 e. The van der Waals surface area contributed by atoms with Crippen LogP contribution in [-0.2, 0) is 0 Å². The fourth-order valence-corrected chi connectivity index (χ4v) is 0.856. The summed E-state index contributed by atoms with van der Waals surface area (Å²) in [5.41, 5.74) is 0. The zero-order chi connectivity index (χ0) is 6.41. The third kappa shape index (κ3) is 6.27. The minimum absolute atomic E-state index is 0. The first-order valence-electron chi connectivity index (χ1n) is 3.57. The molecule has 0 aliphatic rings. The molecule has 58 valence electrons. The van der Waals surface area contributed by atoms with E-state index in [1.54, 1.807) is 0 Å². The van der Waals surface area contributed by atoms with E-state index in [1.807, 2.05) is 0 Å². The predicted molar refractivity (Wildman–Crippen MR) is 49.2 cm³/mol. The molecule has 0 aromatic heterocycles. The van der Waals surface area contributed by atoms with Crippen LogP contribution in [0, 0.1) is 0 Å². The maximum Gasteiger partial charge on any atom is -0.00216 e. The normalized spacial score (nSPS) is 9.33. The molecule has 0 aliphatic heterocycles. The lowest BCUT2D eigenvalue weighted by Gasteiger charge is -2.15. The van der Waals surface area contributed by atoms with E-state index < -0.39 is 0 Å². The Kier molecular flexibility index (Phi) is 11.3. The van der Waals surface area contributed by atoms with Gasteiger partial charge in [0.25, 0.3) is 0 Å². The molecular weight excluding hydrogens is 129 g/mol. The Morgan fingerprint density at radius 1 is 1.00 bits per heavy atom. The van der Waals surface area contributed by atoms with Gasteiger partial charge in [-0.15, -0.1) is 0 Å². The molecule has 1 unspecified atom stereocenters. The first kappa shape index (κ1) is 12.1. The van der Waals surface area contributed by atoms with Crippen molar-refractivity contribution in [3.05, 3.63) is 0 Å². The summed E-state index contributed by atoms with van der Waals surface area (Å²) in [6.45, 7) is 10.3. The SMILES string of the molecule is CCCN(CC)CC.P. The van der Waals surface area contributed by atoms with Gasteiger partial charge in [0.1, 0.15) is 0 Å². The summed E-state index contributed by atoms with van der Waals surface area (Å²) in [5, 5.41) is 0. The molecule has 0 heterocycles. The molecule has 0 aromatic rings. The predicted octanol–water partition coefficient (Wildman–Crippen LogP) is 1.80. The minimum atomic E-state index is 0. The van der Waals surface area contributed by atoms with Crippen LogP contribution in [0.15, 0.2) is 0 Å². The maximum absolute atomic E-state index is 2.43. The lowest BCUT2D eigenvalue weighted by Crippen LogP contribution is -2.23. The zero-order valence-electron chi connectivity index (χ0n) is 6.98. The van der Waals surface area contributed by atoms with Crippen LogP contribution in [0.5, 0.6) is 0 Å². The standard InChI is InChI=1S/C7H17N.H3P/c1-4-7-8(5-2)6-3;/h4-7H2,1-3H3;1H3. The van der Waals surface area contributed by atoms with E-state index in [-0.39, 0.29) is 9.90 Å². The second-order valence-corrected chi connectivity index (χ2v) is 2.03. The summed E-state index contributed by atoms with van der Waals surface area (Å²) in [5.74, 6) is 0. The van der Waals surface area contributed by atoms with E-state index in [4.69, 9.17) is 0 Å². The lowest BCUT2D eigenvalue weighted by molar-refractivity contribution is 0.304. The van der Waals surface area contributed by atoms with Crippen molar-refractivity contribution in [2.45, 2.75) is 27.2 Å².